The fourth-order valence-electron chi connectivity index (χ4n) is 2.29. The number of esters is 1. The van der Waals surface area contributed by atoms with Crippen molar-refractivity contribution >= 4 is 17.3 Å². The second-order valence-corrected chi connectivity index (χ2v) is 4.64. The van der Waals surface area contributed by atoms with Crippen LogP contribution in [0.5, 0.6) is 0 Å². The number of methoxy groups -OCH3 is 1. The van der Waals surface area contributed by atoms with Crippen LogP contribution >= 0.6 is 0 Å². The van der Waals surface area contributed by atoms with E-state index in [0.29, 0.717) is 28.1 Å². The van der Waals surface area contributed by atoms with Crippen LogP contribution in [-0.4, -0.2) is 18.2 Å². The van der Waals surface area contributed by atoms with Gasteiger partial charge in [-0.15, -0.1) is 0 Å². The van der Waals surface area contributed by atoms with Gasteiger partial charge in [0.05, 0.1) is 7.11 Å². The summed E-state index contributed by atoms with van der Waals surface area (Å²) < 4.78 is 4.62. The zero-order valence-corrected chi connectivity index (χ0v) is 11.4. The van der Waals surface area contributed by atoms with Gasteiger partial charge in [0.2, 0.25) is 0 Å². The molecule has 0 fully saturated rings. The number of anilines is 2. The van der Waals surface area contributed by atoms with Crippen LogP contribution in [0, 0.1) is 20.8 Å². The number of aliphatic hydroxyl groups is 1. The fourth-order valence-corrected chi connectivity index (χ4v) is 2.29. The minimum atomic E-state index is -1.77. The number of hydrogen-bond acceptors (Lipinski definition) is 5. The fraction of sp³-hybridized carbons (Fsp3) is 0.462. The van der Waals surface area contributed by atoms with E-state index >= 15 is 0 Å². The molecule has 1 rings (SSSR count). The Morgan fingerprint density at radius 1 is 1.11 bits per heavy atom. The maximum atomic E-state index is 11.7. The molecular formula is C13H20N2O3. The highest BCUT2D eigenvalue weighted by Crippen LogP contribution is 2.37. The number of rotatable bonds is 2. The van der Waals surface area contributed by atoms with Gasteiger partial charge in [-0.3, -0.25) is 0 Å². The molecule has 0 heterocycles. The number of nitrogens with two attached hydrogens (primary N) is 2. The molecule has 1 atom stereocenters. The second kappa shape index (κ2) is 4.49. The summed E-state index contributed by atoms with van der Waals surface area (Å²) >= 11 is 0. The van der Waals surface area contributed by atoms with E-state index in [4.69, 9.17) is 11.5 Å². The van der Waals surface area contributed by atoms with Crippen LogP contribution < -0.4 is 11.5 Å². The molecule has 0 aromatic heterocycles. The lowest BCUT2D eigenvalue weighted by molar-refractivity contribution is -0.161. The van der Waals surface area contributed by atoms with Crippen LogP contribution in [0.15, 0.2) is 0 Å². The maximum absolute atomic E-state index is 11.7. The van der Waals surface area contributed by atoms with Gasteiger partial charge in [-0.05, 0) is 44.4 Å². The van der Waals surface area contributed by atoms with Crippen LogP contribution in [0.1, 0.15) is 29.2 Å². The second-order valence-electron chi connectivity index (χ2n) is 4.64. The monoisotopic (exact) mass is 252 g/mol. The van der Waals surface area contributed by atoms with Gasteiger partial charge in [0.15, 0.2) is 5.60 Å². The van der Waals surface area contributed by atoms with Gasteiger partial charge < -0.3 is 21.3 Å². The van der Waals surface area contributed by atoms with Gasteiger partial charge in [0, 0.05) is 16.9 Å². The van der Waals surface area contributed by atoms with Crippen molar-refractivity contribution in [3.8, 4) is 0 Å². The van der Waals surface area contributed by atoms with Crippen LogP contribution in [-0.2, 0) is 15.1 Å². The van der Waals surface area contributed by atoms with E-state index in [1.54, 1.807) is 20.8 Å². The van der Waals surface area contributed by atoms with E-state index in [2.05, 4.69) is 4.74 Å². The van der Waals surface area contributed by atoms with Gasteiger partial charge in [0.1, 0.15) is 0 Å². The molecule has 0 aliphatic carbocycles. The number of nitrogen functional groups attached to an aromatic ring is 2. The predicted molar refractivity (Wildman–Crippen MR) is 71.1 cm³/mol. The Morgan fingerprint density at radius 3 is 1.83 bits per heavy atom. The van der Waals surface area contributed by atoms with E-state index < -0.39 is 11.6 Å². The van der Waals surface area contributed by atoms with E-state index in [0.717, 1.165) is 5.56 Å². The number of carbonyl (C=O) groups excluding carboxylic acids is 1. The highest BCUT2D eigenvalue weighted by atomic mass is 16.5. The molecule has 0 saturated carbocycles. The van der Waals surface area contributed by atoms with Gasteiger partial charge >= 0.3 is 5.97 Å². The summed E-state index contributed by atoms with van der Waals surface area (Å²) in [7, 11) is 1.22. The average Bonchev–Trinajstić information content (AvgIpc) is 2.32. The smallest absolute Gasteiger partial charge is 0.342 e. The first-order valence-electron chi connectivity index (χ1n) is 5.62. The largest absolute Gasteiger partial charge is 0.467 e. The van der Waals surface area contributed by atoms with Crippen molar-refractivity contribution in [2.24, 2.45) is 0 Å². The Morgan fingerprint density at radius 2 is 1.50 bits per heavy atom. The molecule has 1 aromatic carbocycles. The third kappa shape index (κ3) is 1.90. The molecule has 0 spiro atoms. The Balaban J connectivity index is 3.66. The minimum Gasteiger partial charge on any atom is -0.467 e. The predicted octanol–water partition coefficient (Wildman–Crippen LogP) is 1.16. The van der Waals surface area contributed by atoms with Crippen LogP contribution in [0.25, 0.3) is 0 Å². The summed E-state index contributed by atoms with van der Waals surface area (Å²) in [5.74, 6) is -0.739. The van der Waals surface area contributed by atoms with Crippen LogP contribution in [0.4, 0.5) is 11.4 Å². The Bertz CT molecular complexity index is 478. The van der Waals surface area contributed by atoms with Crippen LogP contribution in [0.3, 0.4) is 0 Å². The highest BCUT2D eigenvalue weighted by Gasteiger charge is 2.38. The Hall–Kier alpha value is -1.75. The standard InChI is InChI=1S/C13H20N2O3/c1-6-9(13(4,17)12(16)18-5)7(2)11(15)8(3)10(6)14/h17H,14-15H2,1-5H3. The molecular weight excluding hydrogens is 232 g/mol. The molecule has 1 unspecified atom stereocenters. The number of hydrogen-bond donors (Lipinski definition) is 3. The van der Waals surface area contributed by atoms with Gasteiger partial charge in [-0.25, -0.2) is 4.79 Å². The molecule has 0 saturated heterocycles. The normalized spacial score (nSPS) is 14.1. The molecule has 0 radical (unpaired) electrons. The first-order valence-corrected chi connectivity index (χ1v) is 5.62. The summed E-state index contributed by atoms with van der Waals surface area (Å²) in [5, 5.41) is 10.4. The van der Waals surface area contributed by atoms with Crippen molar-refractivity contribution in [2.75, 3.05) is 18.6 Å². The molecule has 100 valence electrons. The van der Waals surface area contributed by atoms with E-state index in [-0.39, 0.29) is 0 Å². The number of benzene rings is 1. The number of ether oxygens (including phenoxy) is 1. The van der Waals surface area contributed by atoms with Crippen molar-refractivity contribution < 1.29 is 14.6 Å². The Kier molecular flexibility index (Phi) is 3.57. The zero-order valence-electron chi connectivity index (χ0n) is 11.4. The molecule has 0 aliphatic heterocycles. The van der Waals surface area contributed by atoms with Gasteiger partial charge in [-0.1, -0.05) is 0 Å². The quantitative estimate of drug-likeness (QED) is 0.542. The van der Waals surface area contributed by atoms with Crippen molar-refractivity contribution in [1.29, 1.82) is 0 Å². The Labute approximate surface area is 107 Å². The number of carbonyl (C=O) groups is 1. The molecule has 0 amide bonds. The van der Waals surface area contributed by atoms with E-state index in [9.17, 15) is 9.90 Å². The first kappa shape index (κ1) is 14.3. The topological polar surface area (TPSA) is 98.6 Å². The third-order valence-corrected chi connectivity index (χ3v) is 3.44. The molecule has 5 nitrogen and oxygen atoms in total. The maximum Gasteiger partial charge on any atom is 0.342 e. The lowest BCUT2D eigenvalue weighted by Gasteiger charge is -2.27. The summed E-state index contributed by atoms with van der Waals surface area (Å²) in [4.78, 5) is 11.7. The van der Waals surface area contributed by atoms with Crippen molar-refractivity contribution in [2.45, 2.75) is 33.3 Å². The molecule has 18 heavy (non-hydrogen) atoms. The summed E-state index contributed by atoms with van der Waals surface area (Å²) in [5.41, 5.74) is 13.6. The molecule has 5 N–H and O–H groups in total. The molecule has 0 aliphatic rings. The van der Waals surface area contributed by atoms with Crippen molar-refractivity contribution in [1.82, 2.24) is 0 Å². The molecule has 1 aromatic rings. The molecule has 0 bridgehead atoms. The minimum absolute atomic E-state index is 0.412. The van der Waals surface area contributed by atoms with Crippen LogP contribution in [0.2, 0.25) is 0 Å². The average molecular weight is 252 g/mol. The van der Waals surface area contributed by atoms with Gasteiger partial charge in [0.25, 0.3) is 0 Å². The molecule has 5 heteroatoms. The van der Waals surface area contributed by atoms with Crippen molar-refractivity contribution in [3.63, 3.8) is 0 Å². The third-order valence-electron chi connectivity index (χ3n) is 3.44. The first-order chi connectivity index (χ1) is 8.16. The highest BCUT2D eigenvalue weighted by molar-refractivity contribution is 5.84. The lowest BCUT2D eigenvalue weighted by Crippen LogP contribution is -2.35. The zero-order chi connectivity index (χ0) is 14.2. The van der Waals surface area contributed by atoms with Gasteiger partial charge in [-0.2, -0.15) is 0 Å². The van der Waals surface area contributed by atoms with E-state index in [1.165, 1.54) is 14.0 Å². The lowest BCUT2D eigenvalue weighted by atomic mass is 9.85. The summed E-state index contributed by atoms with van der Waals surface area (Å²) in [6, 6.07) is 0. The van der Waals surface area contributed by atoms with E-state index in [1.807, 2.05) is 0 Å². The summed E-state index contributed by atoms with van der Waals surface area (Å²) in [6.45, 7) is 6.69. The SMILES string of the molecule is COC(=O)C(C)(O)c1c(C)c(N)c(C)c(N)c1C. The van der Waals surface area contributed by atoms with Crippen molar-refractivity contribution in [3.05, 3.63) is 22.3 Å². The summed E-state index contributed by atoms with van der Waals surface area (Å²) in [6.07, 6.45) is 0.